The van der Waals surface area contributed by atoms with E-state index in [0.717, 1.165) is 23.4 Å². The molecule has 3 unspecified atom stereocenters. The summed E-state index contributed by atoms with van der Waals surface area (Å²) in [5, 5.41) is 19.0. The van der Waals surface area contributed by atoms with Crippen molar-refractivity contribution in [3.05, 3.63) is 95.8 Å². The molecule has 0 bridgehead atoms. The molecular weight excluding hydrogens is 941 g/mol. The van der Waals surface area contributed by atoms with E-state index in [1.165, 1.54) is 6.07 Å². The Bertz CT molecular complexity index is 2200. The number of aldehydes is 1. The van der Waals surface area contributed by atoms with Crippen molar-refractivity contribution in [2.24, 2.45) is 17.1 Å². The average molecular weight is 1030 g/mol. The second kappa shape index (κ2) is 31.7. The third-order valence-corrected chi connectivity index (χ3v) is 11.0. The Labute approximate surface area is 432 Å². The Morgan fingerprint density at radius 2 is 1.49 bits per heavy atom. The molecule has 2 aromatic carbocycles. The Hall–Kier alpha value is -5.82. The zero-order valence-corrected chi connectivity index (χ0v) is 45.6. The second-order valence-electron chi connectivity index (χ2n) is 21.2. The summed E-state index contributed by atoms with van der Waals surface area (Å²) in [4.78, 5) is 74.1. The van der Waals surface area contributed by atoms with Gasteiger partial charge in [-0.25, -0.2) is 8.78 Å². The maximum Gasteiger partial charge on any atom is 0.306 e. The van der Waals surface area contributed by atoms with Crippen LogP contribution in [0.3, 0.4) is 0 Å². The lowest BCUT2D eigenvalue weighted by molar-refractivity contribution is -0.155. The number of rotatable bonds is 24. The Morgan fingerprint density at radius 3 is 2.03 bits per heavy atom. The molecule has 0 aliphatic rings. The number of hydrogen-bond donors (Lipinski definition) is 6. The molecule has 0 saturated carbocycles. The first-order chi connectivity index (χ1) is 34.0. The number of ether oxygens (including phenoxy) is 2. The van der Waals surface area contributed by atoms with Crippen molar-refractivity contribution in [2.45, 2.75) is 157 Å². The van der Waals surface area contributed by atoms with Crippen LogP contribution in [0.15, 0.2) is 72.9 Å². The van der Waals surface area contributed by atoms with E-state index in [-0.39, 0.29) is 79.3 Å². The van der Waals surface area contributed by atoms with E-state index in [1.807, 2.05) is 95.8 Å². The predicted octanol–water partition coefficient (Wildman–Crippen LogP) is 6.77. The first-order valence-electron chi connectivity index (χ1n) is 24.7. The minimum Gasteiger partial charge on any atom is -0.460 e. The SMILES string of the molecule is CC(C=CCO)NC(=O)[C@@H](N)C(C)C.CN(CCC(NC=O)C(=O)NCCC(=O)N[C@@H](C=O)CCC(=O)OC(C)(C)C)C(c1cc(-c2cc(F)ccc2F)cn1Cc1ccccc1)C(C)(C)C.COC(C)(C)C. The topological polar surface area (TPSA) is 223 Å². The van der Waals surface area contributed by atoms with Crippen LogP contribution in [0.2, 0.25) is 0 Å². The average Bonchev–Trinajstić information content (AvgIpc) is 3.69. The van der Waals surface area contributed by atoms with Gasteiger partial charge in [0.1, 0.15) is 29.6 Å². The zero-order valence-electron chi connectivity index (χ0n) is 45.6. The normalized spacial score (nSPS) is 13.8. The van der Waals surface area contributed by atoms with Crippen LogP contribution in [-0.2, 0) is 44.8 Å². The van der Waals surface area contributed by atoms with Gasteiger partial charge in [-0.1, -0.05) is 77.1 Å². The highest BCUT2D eigenvalue weighted by atomic mass is 19.1. The molecule has 0 saturated heterocycles. The lowest BCUT2D eigenvalue weighted by Gasteiger charge is -2.39. The number of aliphatic hydroxyl groups is 1. The van der Waals surface area contributed by atoms with Crippen LogP contribution in [0.4, 0.5) is 8.78 Å². The number of nitrogens with zero attached hydrogens (tertiary/aromatic N) is 2. The number of amides is 4. The van der Waals surface area contributed by atoms with Gasteiger partial charge in [0.15, 0.2) is 0 Å². The van der Waals surface area contributed by atoms with Gasteiger partial charge in [0.2, 0.25) is 24.1 Å². The molecule has 0 fully saturated rings. The summed E-state index contributed by atoms with van der Waals surface area (Å²) in [7, 11) is 3.62. The summed E-state index contributed by atoms with van der Waals surface area (Å²) >= 11 is 0. The van der Waals surface area contributed by atoms with E-state index in [4.69, 9.17) is 20.3 Å². The van der Waals surface area contributed by atoms with Crippen LogP contribution in [0.1, 0.15) is 126 Å². The van der Waals surface area contributed by atoms with Gasteiger partial charge in [-0.2, -0.15) is 0 Å². The molecule has 4 amide bonds. The highest BCUT2D eigenvalue weighted by Gasteiger charge is 2.34. The van der Waals surface area contributed by atoms with Gasteiger partial charge in [-0.3, -0.25) is 28.9 Å². The molecule has 3 aromatic rings. The molecular formula is C55H85F2N7O9. The Kier molecular flexibility index (Phi) is 28.3. The summed E-state index contributed by atoms with van der Waals surface area (Å²) in [6, 6.07) is 12.4. The number of halogens is 2. The lowest BCUT2D eigenvalue weighted by atomic mass is 9.83. The molecule has 1 aromatic heterocycles. The van der Waals surface area contributed by atoms with Crippen molar-refractivity contribution in [2.75, 3.05) is 33.9 Å². The van der Waals surface area contributed by atoms with E-state index in [9.17, 15) is 37.5 Å². The molecule has 3 rings (SSSR count). The predicted molar refractivity (Wildman–Crippen MR) is 282 cm³/mol. The molecule has 7 N–H and O–H groups in total. The zero-order chi connectivity index (χ0) is 55.7. The number of carbonyl (C=O) groups is 6. The minimum atomic E-state index is -0.914. The fourth-order valence-corrected chi connectivity index (χ4v) is 7.18. The van der Waals surface area contributed by atoms with Crippen LogP contribution >= 0.6 is 0 Å². The molecule has 0 aliphatic heterocycles. The van der Waals surface area contributed by atoms with Crippen molar-refractivity contribution >= 4 is 36.4 Å². The smallest absolute Gasteiger partial charge is 0.306 e. The van der Waals surface area contributed by atoms with Gasteiger partial charge in [-0.05, 0) is 110 Å². The number of carbonyl (C=O) groups excluding carboxylic acids is 6. The number of aromatic nitrogens is 1. The second-order valence-corrected chi connectivity index (χ2v) is 21.2. The molecule has 0 spiro atoms. The molecule has 1 heterocycles. The number of aliphatic hydroxyl groups excluding tert-OH is 1. The first kappa shape index (κ1) is 65.2. The maximum absolute atomic E-state index is 15.0. The number of methoxy groups -OCH3 is 1. The molecule has 73 heavy (non-hydrogen) atoms. The van der Waals surface area contributed by atoms with Gasteiger partial charge in [-0.15, -0.1) is 0 Å². The van der Waals surface area contributed by atoms with Crippen LogP contribution in [0, 0.1) is 23.0 Å². The Morgan fingerprint density at radius 1 is 0.863 bits per heavy atom. The van der Waals surface area contributed by atoms with E-state index in [0.29, 0.717) is 31.3 Å². The van der Waals surface area contributed by atoms with Crippen molar-refractivity contribution in [3.8, 4) is 11.1 Å². The minimum absolute atomic E-state index is 0.0174. The fourth-order valence-electron chi connectivity index (χ4n) is 7.18. The summed E-state index contributed by atoms with van der Waals surface area (Å²) in [5.41, 5.74) is 7.22. The quantitative estimate of drug-likeness (QED) is 0.0312. The van der Waals surface area contributed by atoms with Crippen molar-refractivity contribution in [1.82, 2.24) is 30.7 Å². The van der Waals surface area contributed by atoms with Gasteiger partial charge < -0.3 is 50.9 Å². The molecule has 16 nitrogen and oxygen atoms in total. The van der Waals surface area contributed by atoms with E-state index in [1.54, 1.807) is 40.0 Å². The highest BCUT2D eigenvalue weighted by molar-refractivity contribution is 5.85. The van der Waals surface area contributed by atoms with E-state index in [2.05, 4.69) is 46.9 Å². The molecule has 5 atom stereocenters. The van der Waals surface area contributed by atoms with Crippen molar-refractivity contribution < 1.29 is 52.1 Å². The summed E-state index contributed by atoms with van der Waals surface area (Å²) in [6.07, 6.45) is 6.26. The maximum atomic E-state index is 15.0. The number of hydrogen-bond acceptors (Lipinski definition) is 11. The monoisotopic (exact) mass is 1030 g/mol. The summed E-state index contributed by atoms with van der Waals surface area (Å²) in [6.45, 7) is 23.9. The van der Waals surface area contributed by atoms with Crippen molar-refractivity contribution in [1.29, 1.82) is 0 Å². The summed E-state index contributed by atoms with van der Waals surface area (Å²) < 4.78 is 41.4. The number of nitrogens with two attached hydrogens (primary N) is 1. The fraction of sp³-hybridized carbons (Fsp3) is 0.564. The highest BCUT2D eigenvalue weighted by Crippen LogP contribution is 2.40. The molecule has 0 aliphatic carbocycles. The lowest BCUT2D eigenvalue weighted by Crippen LogP contribution is -2.47. The standard InChI is InChI=1S/C40H53F2N5O6.C10H20N2O2.C5H12O/c1-39(2,3)37(34-21-28(31-22-29(41)13-15-32(31)42)24-47(34)23-27-11-9-8-10-12-27)46(7)20-18-33(44-26-49)38(52)43-19-17-35(50)45-30(25-48)14-16-36(51)53-40(4,5)6;1-7(2)9(11)10(14)12-8(3)5-4-6-13;1-5(2,3)6-4/h8-13,15,21-22,24-26,30,33,37H,14,16-20,23H2,1-7H3,(H,43,52)(H,44,49)(H,45,50);4-5,7-9,13H,6,11H2,1-3H3,(H,12,14);1-4H3/t30-,33?,37?;8?,9-;/m10./s1. The largest absolute Gasteiger partial charge is 0.460 e. The third-order valence-electron chi connectivity index (χ3n) is 11.0. The van der Waals surface area contributed by atoms with Gasteiger partial charge >= 0.3 is 5.97 Å². The van der Waals surface area contributed by atoms with E-state index < -0.39 is 53.1 Å². The van der Waals surface area contributed by atoms with Crippen LogP contribution in [0.25, 0.3) is 11.1 Å². The third kappa shape index (κ3) is 26.1. The molecule has 408 valence electrons. The van der Waals surface area contributed by atoms with E-state index >= 15 is 0 Å². The molecule has 0 radical (unpaired) electrons. The van der Waals surface area contributed by atoms with Gasteiger partial charge in [0, 0.05) is 68.6 Å². The number of nitrogens with one attached hydrogen (secondary N) is 4. The van der Waals surface area contributed by atoms with Gasteiger partial charge in [0.25, 0.3) is 0 Å². The van der Waals surface area contributed by atoms with Crippen LogP contribution < -0.4 is 27.0 Å². The number of esters is 1. The summed E-state index contributed by atoms with van der Waals surface area (Å²) in [5.74, 6) is -2.57. The first-order valence-corrected chi connectivity index (χ1v) is 24.7. The van der Waals surface area contributed by atoms with Crippen LogP contribution in [0.5, 0.6) is 0 Å². The van der Waals surface area contributed by atoms with Crippen molar-refractivity contribution in [3.63, 3.8) is 0 Å². The Balaban J connectivity index is 0.00000111. The number of benzene rings is 2. The van der Waals surface area contributed by atoms with Crippen LogP contribution in [-0.4, -0.2) is 120 Å². The van der Waals surface area contributed by atoms with Gasteiger partial charge in [0.05, 0.1) is 30.3 Å². The molecule has 18 heteroatoms.